The van der Waals surface area contributed by atoms with Crippen LogP contribution in [0.3, 0.4) is 0 Å². The van der Waals surface area contributed by atoms with Gasteiger partial charge in [0.25, 0.3) is 0 Å². The first-order valence-electron chi connectivity index (χ1n) is 5.40. The van der Waals surface area contributed by atoms with E-state index in [-0.39, 0.29) is 0 Å². The van der Waals surface area contributed by atoms with Crippen LogP contribution in [-0.4, -0.2) is 12.6 Å². The fourth-order valence-corrected chi connectivity index (χ4v) is 2.46. The largest absolute Gasteiger partial charge is 0.314 e. The van der Waals surface area contributed by atoms with Crippen molar-refractivity contribution in [1.82, 2.24) is 5.32 Å². The van der Waals surface area contributed by atoms with Crippen LogP contribution in [0.4, 0.5) is 0 Å². The van der Waals surface area contributed by atoms with Gasteiger partial charge in [0, 0.05) is 6.04 Å². The molecule has 4 atom stereocenters. The van der Waals surface area contributed by atoms with Gasteiger partial charge in [-0.3, -0.25) is 0 Å². The van der Waals surface area contributed by atoms with E-state index in [0.29, 0.717) is 0 Å². The van der Waals surface area contributed by atoms with Gasteiger partial charge in [0.05, 0.1) is 0 Å². The highest BCUT2D eigenvalue weighted by Gasteiger charge is 2.31. The summed E-state index contributed by atoms with van der Waals surface area (Å²) in [6.45, 7) is 10.5. The minimum absolute atomic E-state index is 0.763. The van der Waals surface area contributed by atoms with Crippen molar-refractivity contribution in [2.45, 2.75) is 46.6 Å². The summed E-state index contributed by atoms with van der Waals surface area (Å²) in [4.78, 5) is 0. The van der Waals surface area contributed by atoms with Crippen molar-refractivity contribution in [1.29, 1.82) is 0 Å². The molecule has 0 saturated heterocycles. The van der Waals surface area contributed by atoms with E-state index in [2.05, 4.69) is 33.0 Å². The Morgan fingerprint density at radius 3 is 2.25 bits per heavy atom. The van der Waals surface area contributed by atoms with Crippen LogP contribution in [0.2, 0.25) is 0 Å². The minimum atomic E-state index is 0.763. The number of nitrogens with one attached hydrogen (secondary N) is 1. The third-order valence-corrected chi connectivity index (χ3v) is 3.59. The van der Waals surface area contributed by atoms with Crippen molar-refractivity contribution >= 4 is 0 Å². The van der Waals surface area contributed by atoms with Crippen LogP contribution in [0, 0.1) is 17.8 Å². The Kier molecular flexibility index (Phi) is 3.57. The van der Waals surface area contributed by atoms with Crippen LogP contribution >= 0.6 is 0 Å². The summed E-state index contributed by atoms with van der Waals surface area (Å²) in [6.07, 6.45) is 2.83. The summed E-state index contributed by atoms with van der Waals surface area (Å²) in [7, 11) is 0. The third-order valence-electron chi connectivity index (χ3n) is 3.59. The Labute approximate surface area is 76.9 Å². The van der Waals surface area contributed by atoms with Gasteiger partial charge in [-0.2, -0.15) is 0 Å². The van der Waals surface area contributed by atoms with Gasteiger partial charge in [-0.05, 0) is 30.7 Å². The smallest absolute Gasteiger partial charge is 0.0121 e. The van der Waals surface area contributed by atoms with Crippen molar-refractivity contribution in [3.63, 3.8) is 0 Å². The van der Waals surface area contributed by atoms with Crippen LogP contribution in [0.5, 0.6) is 0 Å². The van der Waals surface area contributed by atoms with E-state index >= 15 is 0 Å². The average molecular weight is 169 g/mol. The molecule has 0 aromatic rings. The molecular weight excluding hydrogens is 146 g/mol. The van der Waals surface area contributed by atoms with Gasteiger partial charge >= 0.3 is 0 Å². The zero-order chi connectivity index (χ0) is 9.14. The number of hydrogen-bond acceptors (Lipinski definition) is 1. The highest BCUT2D eigenvalue weighted by atomic mass is 14.9. The van der Waals surface area contributed by atoms with Crippen LogP contribution in [0.1, 0.15) is 40.5 Å². The van der Waals surface area contributed by atoms with Crippen LogP contribution in [0.25, 0.3) is 0 Å². The van der Waals surface area contributed by atoms with Gasteiger partial charge in [-0.25, -0.2) is 0 Å². The molecule has 1 aliphatic rings. The maximum Gasteiger partial charge on any atom is 0.0121 e. The van der Waals surface area contributed by atoms with E-state index in [1.54, 1.807) is 0 Å². The second-order valence-corrected chi connectivity index (χ2v) is 4.47. The Morgan fingerprint density at radius 1 is 1.08 bits per heavy atom. The van der Waals surface area contributed by atoms with Crippen LogP contribution in [0.15, 0.2) is 0 Å². The summed E-state index contributed by atoms with van der Waals surface area (Å²) >= 11 is 0. The molecule has 1 heteroatoms. The van der Waals surface area contributed by atoms with Crippen molar-refractivity contribution in [3.8, 4) is 0 Å². The molecule has 0 spiro atoms. The molecule has 0 aromatic heterocycles. The molecule has 0 radical (unpaired) electrons. The van der Waals surface area contributed by atoms with Gasteiger partial charge in [0.15, 0.2) is 0 Å². The lowest BCUT2D eigenvalue weighted by Crippen LogP contribution is -2.45. The quantitative estimate of drug-likeness (QED) is 0.670. The summed E-state index contributed by atoms with van der Waals surface area (Å²) in [5, 5.41) is 3.61. The van der Waals surface area contributed by atoms with E-state index in [9.17, 15) is 0 Å². The minimum Gasteiger partial charge on any atom is -0.314 e. The maximum atomic E-state index is 3.61. The molecule has 1 aliphatic carbocycles. The van der Waals surface area contributed by atoms with Crippen molar-refractivity contribution < 1.29 is 0 Å². The van der Waals surface area contributed by atoms with E-state index in [4.69, 9.17) is 0 Å². The van der Waals surface area contributed by atoms with Gasteiger partial charge in [-0.1, -0.05) is 34.1 Å². The molecular formula is C11H23N. The third kappa shape index (κ3) is 2.01. The first-order valence-corrected chi connectivity index (χ1v) is 5.40. The standard InChI is InChI=1S/C11H23N/c1-5-12-11-9(3)7-6-8(2)10(11)4/h8-12H,5-7H2,1-4H3/t8?,9?,10-,11?/m1/s1. The second-order valence-electron chi connectivity index (χ2n) is 4.47. The van der Waals surface area contributed by atoms with Gasteiger partial charge in [0.2, 0.25) is 0 Å². The Bertz CT molecular complexity index is 133. The summed E-state index contributed by atoms with van der Waals surface area (Å²) < 4.78 is 0. The predicted molar refractivity (Wildman–Crippen MR) is 54.2 cm³/mol. The van der Waals surface area contributed by atoms with Crippen LogP contribution in [-0.2, 0) is 0 Å². The molecule has 0 bridgehead atoms. The lowest BCUT2D eigenvalue weighted by atomic mass is 9.73. The molecule has 1 fully saturated rings. The Hall–Kier alpha value is -0.0400. The molecule has 1 nitrogen and oxygen atoms in total. The highest BCUT2D eigenvalue weighted by molar-refractivity contribution is 4.86. The molecule has 0 aromatic carbocycles. The van der Waals surface area contributed by atoms with Gasteiger partial charge < -0.3 is 5.32 Å². The first kappa shape index (κ1) is 10.0. The second kappa shape index (κ2) is 4.27. The zero-order valence-corrected chi connectivity index (χ0v) is 8.93. The van der Waals surface area contributed by atoms with Gasteiger partial charge in [-0.15, -0.1) is 0 Å². The Balaban J connectivity index is 2.52. The molecule has 12 heavy (non-hydrogen) atoms. The molecule has 1 rings (SSSR count). The van der Waals surface area contributed by atoms with E-state index in [0.717, 1.165) is 30.3 Å². The first-order chi connectivity index (χ1) is 5.66. The van der Waals surface area contributed by atoms with Gasteiger partial charge in [0.1, 0.15) is 0 Å². The van der Waals surface area contributed by atoms with Crippen LogP contribution < -0.4 is 5.32 Å². The molecule has 3 unspecified atom stereocenters. The molecule has 72 valence electrons. The average Bonchev–Trinajstić information content (AvgIpc) is 2.06. The fourth-order valence-electron chi connectivity index (χ4n) is 2.46. The number of rotatable bonds is 2. The SMILES string of the molecule is CCNC1C(C)CCC(C)[C@H]1C. The van der Waals surface area contributed by atoms with Crippen molar-refractivity contribution in [2.75, 3.05) is 6.54 Å². The normalized spacial score (nSPS) is 43.0. The zero-order valence-electron chi connectivity index (χ0n) is 8.93. The number of hydrogen-bond donors (Lipinski definition) is 1. The molecule has 0 amide bonds. The highest BCUT2D eigenvalue weighted by Crippen LogP contribution is 2.33. The Morgan fingerprint density at radius 2 is 1.67 bits per heavy atom. The summed E-state index contributed by atoms with van der Waals surface area (Å²) in [6, 6.07) is 0.763. The lowest BCUT2D eigenvalue weighted by Gasteiger charge is -2.39. The molecule has 1 saturated carbocycles. The topological polar surface area (TPSA) is 12.0 Å². The van der Waals surface area contributed by atoms with Crippen molar-refractivity contribution in [3.05, 3.63) is 0 Å². The molecule has 1 N–H and O–H groups in total. The van der Waals surface area contributed by atoms with E-state index in [1.165, 1.54) is 12.8 Å². The fraction of sp³-hybridized carbons (Fsp3) is 1.00. The van der Waals surface area contributed by atoms with E-state index < -0.39 is 0 Å². The molecule has 0 heterocycles. The predicted octanol–water partition coefficient (Wildman–Crippen LogP) is 2.67. The summed E-state index contributed by atoms with van der Waals surface area (Å²) in [5.41, 5.74) is 0. The monoisotopic (exact) mass is 169 g/mol. The molecule has 0 aliphatic heterocycles. The van der Waals surface area contributed by atoms with E-state index in [1.807, 2.05) is 0 Å². The summed E-state index contributed by atoms with van der Waals surface area (Å²) in [5.74, 6) is 2.63. The maximum absolute atomic E-state index is 3.61. The van der Waals surface area contributed by atoms with Crippen molar-refractivity contribution in [2.24, 2.45) is 17.8 Å². The lowest BCUT2D eigenvalue weighted by molar-refractivity contribution is 0.153.